The van der Waals surface area contributed by atoms with Crippen LogP contribution in [-0.2, 0) is 4.18 Å². The third kappa shape index (κ3) is 3.73. The van der Waals surface area contributed by atoms with Crippen LogP contribution in [0.1, 0.15) is 6.92 Å². The Morgan fingerprint density at radius 3 is 2.50 bits per heavy atom. The number of rotatable bonds is 6. The third-order valence-corrected chi connectivity index (χ3v) is 3.79. The summed E-state index contributed by atoms with van der Waals surface area (Å²) in [6, 6.07) is 0. The van der Waals surface area contributed by atoms with Gasteiger partial charge in [0.05, 0.1) is 7.11 Å². The highest BCUT2D eigenvalue weighted by Crippen LogP contribution is 2.42. The maximum atomic E-state index is 9.77. The Kier molecular flexibility index (Phi) is 5.86. The van der Waals surface area contributed by atoms with E-state index in [9.17, 15) is 4.55 Å². The van der Waals surface area contributed by atoms with Gasteiger partial charge in [-0.3, -0.25) is 8.74 Å². The normalized spacial score (nSPS) is 19.2. The average Bonchev–Trinajstić information content (AvgIpc) is 2.05. The second-order valence-electron chi connectivity index (χ2n) is 2.55. The molecule has 0 saturated heterocycles. The number of nitrogens with zero attached hydrogens (tertiary/aromatic N) is 1. The van der Waals surface area contributed by atoms with Gasteiger partial charge in [-0.1, -0.05) is 6.92 Å². The van der Waals surface area contributed by atoms with Crippen LogP contribution in [0.5, 0.6) is 0 Å². The van der Waals surface area contributed by atoms with E-state index >= 15 is 0 Å². The molecule has 0 aromatic carbocycles. The van der Waals surface area contributed by atoms with Gasteiger partial charge in [-0.15, -0.1) is 10.8 Å². The summed E-state index contributed by atoms with van der Waals surface area (Å²) in [5.41, 5.74) is 0. The first-order chi connectivity index (χ1) is 5.58. The highest BCUT2D eigenvalue weighted by Gasteiger charge is 2.16. The zero-order valence-corrected chi connectivity index (χ0v) is 9.15. The van der Waals surface area contributed by atoms with Crippen molar-refractivity contribution in [3.8, 4) is 0 Å². The topological polar surface area (TPSA) is 44.7 Å². The van der Waals surface area contributed by atoms with Crippen LogP contribution in [0.4, 0.5) is 0 Å². The minimum Gasteiger partial charge on any atom is -0.318 e. The van der Waals surface area contributed by atoms with Crippen molar-refractivity contribution in [2.24, 2.45) is 0 Å². The molecule has 0 rings (SSSR count). The van der Waals surface area contributed by atoms with Crippen LogP contribution in [0, 0.1) is 0 Å². The molecule has 0 aliphatic carbocycles. The molecule has 1 unspecified atom stereocenters. The van der Waals surface area contributed by atoms with E-state index in [2.05, 4.69) is 5.32 Å². The van der Waals surface area contributed by atoms with E-state index in [0.29, 0.717) is 0 Å². The fraction of sp³-hybridized carbons (Fsp3) is 1.00. The zero-order valence-electron chi connectivity index (χ0n) is 8.33. The molecule has 0 fully saturated rings. The number of hydrogen-bond donors (Lipinski definition) is 2. The van der Waals surface area contributed by atoms with Crippen molar-refractivity contribution in [3.63, 3.8) is 0 Å². The fourth-order valence-corrected chi connectivity index (χ4v) is 2.03. The van der Waals surface area contributed by atoms with Crippen LogP contribution >= 0.6 is 10.8 Å². The Balaban J connectivity index is 3.95. The quantitative estimate of drug-likeness (QED) is 0.663. The molecule has 0 aromatic heterocycles. The van der Waals surface area contributed by atoms with Gasteiger partial charge in [0.1, 0.15) is 0 Å². The highest BCUT2D eigenvalue weighted by atomic mass is 32.3. The molecule has 0 spiro atoms. The summed E-state index contributed by atoms with van der Waals surface area (Å²) < 4.78 is 16.7. The summed E-state index contributed by atoms with van der Waals surface area (Å²) in [7, 11) is 1.44. The molecule has 0 aromatic rings. The highest BCUT2D eigenvalue weighted by molar-refractivity contribution is 8.22. The van der Waals surface area contributed by atoms with Crippen LogP contribution in [0.25, 0.3) is 0 Å². The maximum absolute atomic E-state index is 9.77. The van der Waals surface area contributed by atoms with Crippen LogP contribution in [-0.4, -0.2) is 48.9 Å². The lowest BCUT2D eigenvalue weighted by molar-refractivity contribution is 0.319. The Morgan fingerprint density at radius 1 is 1.58 bits per heavy atom. The number of hydrogen-bond acceptors (Lipinski definition) is 4. The van der Waals surface area contributed by atoms with E-state index in [4.69, 9.17) is 4.18 Å². The lowest BCUT2D eigenvalue weighted by Crippen LogP contribution is -2.33. The molecule has 0 heterocycles. The smallest absolute Gasteiger partial charge is 0.0620 e. The summed E-state index contributed by atoms with van der Waals surface area (Å²) in [5.74, 6) is 0. The van der Waals surface area contributed by atoms with Gasteiger partial charge in [-0.25, -0.2) is 4.31 Å². The standard InChI is InChI=1S/C7H20N2O2S/c1-5-9(7-6-8-2)12(4,10)11-3/h8,10H,5-7H2,1-4H3. The fourth-order valence-electron chi connectivity index (χ4n) is 0.909. The minimum absolute atomic E-state index is 0.803. The molecule has 12 heavy (non-hydrogen) atoms. The van der Waals surface area contributed by atoms with Crippen molar-refractivity contribution < 1.29 is 8.74 Å². The summed E-state index contributed by atoms with van der Waals surface area (Å²) in [5, 5.41) is 3.03. The van der Waals surface area contributed by atoms with Crippen molar-refractivity contribution in [2.45, 2.75) is 6.92 Å². The van der Waals surface area contributed by atoms with Gasteiger partial charge in [0.15, 0.2) is 0 Å². The van der Waals surface area contributed by atoms with E-state index in [1.165, 1.54) is 7.11 Å². The Hall–Kier alpha value is 0.190. The predicted octanol–water partition coefficient (Wildman–Crippen LogP) is 0.912. The molecule has 76 valence electrons. The van der Waals surface area contributed by atoms with Crippen molar-refractivity contribution in [3.05, 3.63) is 0 Å². The zero-order chi connectivity index (χ0) is 9.61. The molecule has 5 heteroatoms. The van der Waals surface area contributed by atoms with Crippen LogP contribution in [0.15, 0.2) is 0 Å². The van der Waals surface area contributed by atoms with Gasteiger partial charge < -0.3 is 5.32 Å². The Labute approximate surface area is 76.8 Å². The minimum atomic E-state index is -1.99. The van der Waals surface area contributed by atoms with Crippen molar-refractivity contribution in [1.29, 1.82) is 0 Å². The van der Waals surface area contributed by atoms with Crippen LogP contribution in [0.3, 0.4) is 0 Å². The van der Waals surface area contributed by atoms with Crippen LogP contribution < -0.4 is 5.32 Å². The van der Waals surface area contributed by atoms with Crippen molar-refractivity contribution in [2.75, 3.05) is 40.0 Å². The van der Waals surface area contributed by atoms with Gasteiger partial charge in [0.25, 0.3) is 0 Å². The first kappa shape index (κ1) is 12.2. The molecule has 0 bridgehead atoms. The first-order valence-corrected chi connectivity index (χ1v) is 5.92. The second kappa shape index (κ2) is 5.77. The third-order valence-electron chi connectivity index (χ3n) is 1.76. The van der Waals surface area contributed by atoms with Gasteiger partial charge in [0.2, 0.25) is 0 Å². The Morgan fingerprint density at radius 2 is 2.17 bits per heavy atom. The number of likely N-dealkylation sites (N-methyl/N-ethyl adjacent to an activating group) is 2. The monoisotopic (exact) mass is 196 g/mol. The lowest BCUT2D eigenvalue weighted by Gasteiger charge is -2.42. The largest absolute Gasteiger partial charge is 0.318 e. The molecule has 0 aliphatic heterocycles. The molecule has 0 radical (unpaired) electrons. The molecule has 0 amide bonds. The molecular formula is C7H20N2O2S. The summed E-state index contributed by atoms with van der Waals surface area (Å²) >= 11 is 0. The summed E-state index contributed by atoms with van der Waals surface area (Å²) in [6.07, 6.45) is 1.73. The van der Waals surface area contributed by atoms with Gasteiger partial charge in [-0.05, 0) is 7.05 Å². The summed E-state index contributed by atoms with van der Waals surface area (Å²) in [6.45, 7) is 4.48. The molecule has 1 atom stereocenters. The molecule has 4 nitrogen and oxygen atoms in total. The number of nitrogens with one attached hydrogen (secondary N) is 1. The van der Waals surface area contributed by atoms with Gasteiger partial charge in [0, 0.05) is 25.9 Å². The summed E-state index contributed by atoms with van der Waals surface area (Å²) in [4.78, 5) is 0. The van der Waals surface area contributed by atoms with E-state index in [0.717, 1.165) is 19.6 Å². The SMILES string of the molecule is CCN(CCNC)S(C)(O)OC. The molecule has 0 aliphatic rings. The van der Waals surface area contributed by atoms with Crippen LogP contribution in [0.2, 0.25) is 0 Å². The van der Waals surface area contributed by atoms with E-state index in [-0.39, 0.29) is 0 Å². The molecular weight excluding hydrogens is 176 g/mol. The van der Waals surface area contributed by atoms with E-state index in [1.54, 1.807) is 6.26 Å². The molecule has 0 saturated carbocycles. The maximum Gasteiger partial charge on any atom is 0.0620 e. The van der Waals surface area contributed by atoms with Gasteiger partial charge in [-0.2, -0.15) is 0 Å². The first-order valence-electron chi connectivity index (χ1n) is 4.04. The predicted molar refractivity (Wildman–Crippen MR) is 54.3 cm³/mol. The van der Waals surface area contributed by atoms with E-state index in [1.807, 2.05) is 18.3 Å². The molecule has 2 N–H and O–H groups in total. The van der Waals surface area contributed by atoms with Crippen molar-refractivity contribution >= 4 is 10.8 Å². The lowest BCUT2D eigenvalue weighted by atomic mass is 10.6. The Bertz CT molecular complexity index is 122. The van der Waals surface area contributed by atoms with Crippen molar-refractivity contribution in [1.82, 2.24) is 9.62 Å². The second-order valence-corrected chi connectivity index (χ2v) is 4.93. The van der Waals surface area contributed by atoms with E-state index < -0.39 is 10.8 Å². The van der Waals surface area contributed by atoms with Gasteiger partial charge >= 0.3 is 0 Å². The average molecular weight is 196 g/mol.